The lowest BCUT2D eigenvalue weighted by Crippen LogP contribution is -2.34. The lowest BCUT2D eigenvalue weighted by Gasteiger charge is -2.20. The van der Waals surface area contributed by atoms with E-state index < -0.39 is 78.5 Å². The third kappa shape index (κ3) is 16.1. The summed E-state index contributed by atoms with van der Waals surface area (Å²) in [6, 6.07) is 13.2. The zero-order chi connectivity index (χ0) is 52.9. The summed E-state index contributed by atoms with van der Waals surface area (Å²) in [4.78, 5) is 116. The van der Waals surface area contributed by atoms with Crippen molar-refractivity contribution in [2.24, 2.45) is 5.11 Å². The number of benzene rings is 3. The number of aromatic nitrogens is 2. The van der Waals surface area contributed by atoms with Gasteiger partial charge in [-0.15, -0.1) is 0 Å². The average molecular weight is 1110 g/mol. The number of azide groups is 1. The highest BCUT2D eigenvalue weighted by Gasteiger charge is 2.43. The Bertz CT molecular complexity index is 3300. The molecule has 34 heteroatoms. The molecule has 1 fully saturated rings. The minimum absolute atomic E-state index is 0.0177. The van der Waals surface area contributed by atoms with Gasteiger partial charge in [0.1, 0.15) is 54.1 Å². The Hall–Kier alpha value is -6.28. The Morgan fingerprint density at radius 2 is 1.75 bits per heavy atom. The second kappa shape index (κ2) is 25.1. The number of hydrogen-bond acceptors (Lipinski definition) is 21. The molecular formula is C39H38N7O22P3S2. The Morgan fingerprint density at radius 3 is 2.51 bits per heavy atom. The van der Waals surface area contributed by atoms with E-state index >= 15 is 0 Å². The van der Waals surface area contributed by atoms with Gasteiger partial charge in [-0.1, -0.05) is 38.5 Å². The van der Waals surface area contributed by atoms with E-state index in [1.54, 1.807) is 24.3 Å². The number of carbonyl (C=O) groups is 3. The van der Waals surface area contributed by atoms with Gasteiger partial charge in [-0.2, -0.15) is 8.62 Å². The van der Waals surface area contributed by atoms with Crippen molar-refractivity contribution in [3.8, 4) is 45.8 Å². The number of rotatable bonds is 23. The van der Waals surface area contributed by atoms with Gasteiger partial charge in [0.2, 0.25) is 0 Å². The number of aromatic hydroxyl groups is 1. The number of amides is 2. The predicted molar refractivity (Wildman–Crippen MR) is 255 cm³/mol. The summed E-state index contributed by atoms with van der Waals surface area (Å²) >= 11 is 0. The van der Waals surface area contributed by atoms with Gasteiger partial charge in [0.15, 0.2) is 5.43 Å². The number of carbonyl (C=O) groups excluding carboxylic acids is 3. The molecular weight excluding hydrogens is 1080 g/mol. The van der Waals surface area contributed by atoms with E-state index in [2.05, 4.69) is 45.6 Å². The molecule has 2 aromatic carbocycles. The van der Waals surface area contributed by atoms with E-state index in [0.717, 1.165) is 10.8 Å². The highest BCUT2D eigenvalue weighted by atomic mass is 33.1. The zero-order valence-electron chi connectivity index (χ0n) is 36.9. The molecule has 2 amide bonds. The molecule has 1 saturated heterocycles. The van der Waals surface area contributed by atoms with Crippen molar-refractivity contribution in [2.45, 2.75) is 24.9 Å². The Morgan fingerprint density at radius 1 is 0.986 bits per heavy atom. The Balaban J connectivity index is 0.941. The van der Waals surface area contributed by atoms with Crippen LogP contribution in [0, 0.1) is 11.8 Å². The summed E-state index contributed by atoms with van der Waals surface area (Å²) in [5, 5.41) is 19.0. The summed E-state index contributed by atoms with van der Waals surface area (Å²) in [6.45, 7) is -1.46. The summed E-state index contributed by atoms with van der Waals surface area (Å²) in [5.74, 6) is 5.57. The largest absolute Gasteiger partial charge is 0.508 e. The number of phosphoric ester groups is 1. The minimum Gasteiger partial charge on any atom is -0.508 e. The lowest BCUT2D eigenvalue weighted by molar-refractivity contribution is -0.120. The highest BCUT2D eigenvalue weighted by Crippen LogP contribution is 2.66. The zero-order valence-corrected chi connectivity index (χ0v) is 41.2. The van der Waals surface area contributed by atoms with Crippen LogP contribution in [0.25, 0.3) is 43.9 Å². The van der Waals surface area contributed by atoms with E-state index in [1.165, 1.54) is 51.9 Å². The van der Waals surface area contributed by atoms with Gasteiger partial charge in [0, 0.05) is 75.4 Å². The molecule has 0 bridgehead atoms. The smallest absolute Gasteiger partial charge is 0.490 e. The highest BCUT2D eigenvalue weighted by molar-refractivity contribution is 8.76. The van der Waals surface area contributed by atoms with E-state index in [9.17, 15) is 57.4 Å². The molecule has 3 aliphatic rings. The molecule has 0 spiro atoms. The molecule has 5 atom stereocenters. The van der Waals surface area contributed by atoms with Crippen LogP contribution in [0.2, 0.25) is 0 Å². The molecule has 8 N–H and O–H groups in total. The Labute approximate surface area is 416 Å². The van der Waals surface area contributed by atoms with Crippen LogP contribution in [0.15, 0.2) is 84.7 Å². The standard InChI is InChI=1S/C39H38N7O22P3S2/c40-45-43-20-62-32-17-34(66-33(32)19-64-70(57,58)68-71(59,60)67-69(54,55)56)46-18-23(37(51)44-38(46)52)2-1-9-42-39(53)61-11-13-73-72-12-10-41-36(50)22-3-6-26(29(14-22)63-21-47)35-27-7-4-24(48)15-30(27)65-31-16-25(49)5-8-28(31)35/h3-8,14-16,18,21,32-34,48H,9-13,17,19-20H2,(H,41,50)(H,42,53)(H,57,58)(H,59,60)(H,44,51,52)(H2,54,55,56)/t32?,33-,34-/m1/s1. The van der Waals surface area contributed by atoms with Crippen LogP contribution < -0.4 is 32.0 Å². The number of fused-ring (bicyclic) bond motifs is 2. The number of nitrogens with zero attached hydrogens (tertiary/aromatic N) is 4. The van der Waals surface area contributed by atoms with Gasteiger partial charge >= 0.3 is 35.3 Å². The summed E-state index contributed by atoms with van der Waals surface area (Å²) in [6.07, 6.45) is -3.99. The molecule has 1 aliphatic carbocycles. The van der Waals surface area contributed by atoms with Crippen molar-refractivity contribution >= 4 is 74.5 Å². The monoisotopic (exact) mass is 1110 g/mol. The normalized spacial score (nSPS) is 17.1. The van der Waals surface area contributed by atoms with Crippen LogP contribution in [-0.4, -0.2) is 109 Å². The second-order valence-electron chi connectivity index (χ2n) is 14.5. The minimum atomic E-state index is -5.85. The van der Waals surface area contributed by atoms with Crippen molar-refractivity contribution in [2.75, 3.05) is 44.5 Å². The Kier molecular flexibility index (Phi) is 19.3. The van der Waals surface area contributed by atoms with Crippen LogP contribution in [0.5, 0.6) is 11.5 Å². The molecule has 29 nitrogen and oxygen atoms in total. The summed E-state index contributed by atoms with van der Waals surface area (Å²) < 4.78 is 75.1. The number of nitrogens with one attached hydrogen (secondary N) is 3. The van der Waals surface area contributed by atoms with E-state index in [1.807, 2.05) is 4.98 Å². The number of phenolic OH excluding ortho intramolecular Hbond substituents is 1. The number of alkyl carbamates (subject to hydrolysis) is 1. The van der Waals surface area contributed by atoms with Crippen LogP contribution in [0.4, 0.5) is 4.79 Å². The van der Waals surface area contributed by atoms with Crippen LogP contribution >= 0.6 is 45.1 Å². The molecule has 1 aromatic heterocycles. The molecule has 0 radical (unpaired) electrons. The third-order valence-electron chi connectivity index (χ3n) is 9.55. The van der Waals surface area contributed by atoms with Crippen LogP contribution in [0.3, 0.4) is 0 Å². The molecule has 3 aromatic rings. The number of ether oxygens (including phenoxy) is 4. The van der Waals surface area contributed by atoms with E-state index in [4.69, 9.17) is 38.7 Å². The number of phosphoric acid groups is 3. The van der Waals surface area contributed by atoms with E-state index in [-0.39, 0.29) is 72.0 Å². The van der Waals surface area contributed by atoms with Crippen molar-refractivity contribution in [3.63, 3.8) is 0 Å². The van der Waals surface area contributed by atoms with Gasteiger partial charge in [-0.25, -0.2) is 23.3 Å². The van der Waals surface area contributed by atoms with Crippen LogP contribution in [0.1, 0.15) is 28.6 Å². The van der Waals surface area contributed by atoms with Crippen molar-refractivity contribution in [3.05, 3.63) is 113 Å². The van der Waals surface area contributed by atoms with Gasteiger partial charge in [-0.05, 0) is 48.0 Å². The average Bonchev–Trinajstić information content (AvgIpc) is 3.71. The fourth-order valence-corrected chi connectivity index (χ4v) is 11.4. The lowest BCUT2D eigenvalue weighted by atomic mass is 9.92. The number of H-pyrrole nitrogens is 1. The first-order chi connectivity index (χ1) is 34.7. The molecule has 73 heavy (non-hydrogen) atoms. The third-order valence-corrected chi connectivity index (χ3v) is 15.7. The van der Waals surface area contributed by atoms with Gasteiger partial charge in [0.05, 0.1) is 19.3 Å². The first kappa shape index (κ1) is 56.0. The number of aromatic amines is 1. The van der Waals surface area contributed by atoms with Crippen molar-refractivity contribution in [1.29, 1.82) is 0 Å². The topological polar surface area (TPSA) is 426 Å². The molecule has 3 unspecified atom stereocenters. The number of hydrogen-bond donors (Lipinski definition) is 8. The fourth-order valence-electron chi connectivity index (χ4n) is 6.68. The quantitative estimate of drug-likeness (QED) is 0.00530. The maximum atomic E-state index is 13.1. The van der Waals surface area contributed by atoms with Crippen molar-refractivity contribution < 1.29 is 89.3 Å². The summed E-state index contributed by atoms with van der Waals surface area (Å²) in [5.41, 5.74) is 8.02. The molecule has 6 rings (SSSR count). The molecule has 388 valence electrons. The maximum absolute atomic E-state index is 13.1. The predicted octanol–water partition coefficient (Wildman–Crippen LogP) is 3.83. The summed E-state index contributed by atoms with van der Waals surface area (Å²) in [7, 11) is -14.4. The SMILES string of the molecule is [N-]=[N+]=NCOC1C[C@H](n2cc(C#CCNC(=O)OCCSSCCNC(=O)c3ccc(-c4c5ccc(=O)cc-5oc5cc(O)ccc45)c(OC=O)c3)c(=O)[nH]c2=O)O[C@@H]1COP(=O)(O)OP(=O)(O)OP(=O)(O)O. The first-order valence-electron chi connectivity index (χ1n) is 20.4. The maximum Gasteiger partial charge on any atom is 0.490 e. The van der Waals surface area contributed by atoms with Gasteiger partial charge in [-0.3, -0.25) is 33.3 Å². The molecule has 3 heterocycles. The molecule has 2 aliphatic heterocycles. The van der Waals surface area contributed by atoms with Crippen LogP contribution in [-0.2, 0) is 45.8 Å². The van der Waals surface area contributed by atoms with Gasteiger partial charge in [0.25, 0.3) is 17.9 Å². The first-order valence-corrected chi connectivity index (χ1v) is 27.4. The van der Waals surface area contributed by atoms with Gasteiger partial charge < -0.3 is 58.7 Å². The molecule has 0 saturated carbocycles. The second-order valence-corrected chi connectivity index (χ2v) is 21.6. The van der Waals surface area contributed by atoms with E-state index in [0.29, 0.717) is 33.6 Å². The van der Waals surface area contributed by atoms with Crippen molar-refractivity contribution in [1.82, 2.24) is 20.2 Å². The fraction of sp³-hybridized carbons (Fsp3) is 0.282. The number of phenols is 1.